The lowest BCUT2D eigenvalue weighted by atomic mass is 10.0. The molecule has 4 aliphatic rings. The Balaban J connectivity index is 1.09. The topological polar surface area (TPSA) is 82.6 Å². The Morgan fingerprint density at radius 3 is 2.46 bits per heavy atom. The van der Waals surface area contributed by atoms with Gasteiger partial charge in [0, 0.05) is 51.4 Å². The fourth-order valence-corrected chi connectivity index (χ4v) is 8.18. The van der Waals surface area contributed by atoms with Gasteiger partial charge in [0.2, 0.25) is 15.9 Å². The molecule has 9 nitrogen and oxygen atoms in total. The molecule has 10 heteroatoms. The van der Waals surface area contributed by atoms with Gasteiger partial charge in [-0.15, -0.1) is 0 Å². The molecule has 5 rings (SSSR count). The molecule has 0 spiro atoms. The zero-order chi connectivity index (χ0) is 27.6. The number of likely N-dealkylation sites (tertiary alicyclic amines) is 2. The molecule has 1 aliphatic carbocycles. The van der Waals surface area contributed by atoms with Gasteiger partial charge in [-0.25, -0.2) is 8.42 Å². The number of carbonyl (C=O) groups is 1. The van der Waals surface area contributed by atoms with E-state index in [1.54, 1.807) is 26.2 Å². The van der Waals surface area contributed by atoms with Crippen molar-refractivity contribution in [2.75, 3.05) is 66.6 Å². The van der Waals surface area contributed by atoms with Crippen LogP contribution in [-0.2, 0) is 19.6 Å². The fourth-order valence-electron chi connectivity index (χ4n) is 6.37. The van der Waals surface area contributed by atoms with Crippen LogP contribution in [0.2, 0.25) is 0 Å². The van der Waals surface area contributed by atoms with Crippen LogP contribution in [0, 0.1) is 6.92 Å². The summed E-state index contributed by atoms with van der Waals surface area (Å²) in [7, 11) is -0.258. The molecule has 3 heterocycles. The number of likely N-dealkylation sites (N-methyl/N-ethyl adjacent to an activating group) is 1. The Morgan fingerprint density at radius 2 is 1.74 bits per heavy atom. The zero-order valence-electron chi connectivity index (χ0n) is 23.7. The van der Waals surface area contributed by atoms with Gasteiger partial charge < -0.3 is 19.3 Å². The first-order valence-electron chi connectivity index (χ1n) is 14.4. The van der Waals surface area contributed by atoms with Gasteiger partial charge >= 0.3 is 0 Å². The maximum Gasteiger partial charge on any atom is 0.248 e. The maximum atomic E-state index is 13.5. The van der Waals surface area contributed by atoms with Gasteiger partial charge in [0.05, 0.1) is 18.6 Å². The van der Waals surface area contributed by atoms with E-state index < -0.39 is 10.0 Å². The van der Waals surface area contributed by atoms with Crippen LogP contribution in [0.1, 0.15) is 49.7 Å². The SMILES string of the molecule is COc1cc(C)c2c(c1)/C=C/CCN(CCOCC(=O)N(C)C1CCN(C3CCN(C4CC4)CC3)C1)S2(=O)=O. The summed E-state index contributed by atoms with van der Waals surface area (Å²) in [6.07, 6.45) is 10.7. The number of nitrogens with zero attached hydrogens (tertiary/aromatic N) is 4. The molecule has 1 unspecified atom stereocenters. The van der Waals surface area contributed by atoms with Crippen LogP contribution in [0.3, 0.4) is 0 Å². The lowest BCUT2D eigenvalue weighted by Gasteiger charge is -2.37. The Kier molecular flexibility index (Phi) is 8.98. The molecule has 216 valence electrons. The van der Waals surface area contributed by atoms with Gasteiger partial charge in [-0.05, 0) is 81.8 Å². The van der Waals surface area contributed by atoms with Gasteiger partial charge in [0.1, 0.15) is 12.4 Å². The van der Waals surface area contributed by atoms with Crippen LogP contribution in [0.4, 0.5) is 0 Å². The van der Waals surface area contributed by atoms with E-state index in [0.29, 0.717) is 40.8 Å². The van der Waals surface area contributed by atoms with Crippen LogP contribution in [0.15, 0.2) is 23.1 Å². The second kappa shape index (κ2) is 12.3. The lowest BCUT2D eigenvalue weighted by Crippen LogP contribution is -2.46. The van der Waals surface area contributed by atoms with Crippen molar-refractivity contribution >= 4 is 22.0 Å². The normalized spacial score (nSPS) is 25.6. The molecule has 1 saturated carbocycles. The number of sulfonamides is 1. The predicted molar refractivity (Wildman–Crippen MR) is 151 cm³/mol. The molecule has 1 aromatic rings. The number of hydrogen-bond donors (Lipinski definition) is 0. The van der Waals surface area contributed by atoms with Gasteiger partial charge in [0.25, 0.3) is 0 Å². The summed E-state index contributed by atoms with van der Waals surface area (Å²) in [5.74, 6) is 0.589. The number of methoxy groups -OCH3 is 1. The van der Waals surface area contributed by atoms with E-state index in [9.17, 15) is 13.2 Å². The van der Waals surface area contributed by atoms with Crippen molar-refractivity contribution in [1.29, 1.82) is 0 Å². The van der Waals surface area contributed by atoms with E-state index in [1.165, 1.54) is 43.1 Å². The van der Waals surface area contributed by atoms with E-state index in [0.717, 1.165) is 25.6 Å². The van der Waals surface area contributed by atoms with Gasteiger partial charge in [0.15, 0.2) is 0 Å². The van der Waals surface area contributed by atoms with Crippen LogP contribution < -0.4 is 4.74 Å². The summed E-state index contributed by atoms with van der Waals surface area (Å²) in [6.45, 7) is 6.90. The van der Waals surface area contributed by atoms with Crippen molar-refractivity contribution in [1.82, 2.24) is 19.0 Å². The Hall–Kier alpha value is -1.98. The molecule has 39 heavy (non-hydrogen) atoms. The Bertz CT molecular complexity index is 1160. The number of amides is 1. The second-order valence-electron chi connectivity index (χ2n) is 11.5. The number of carbonyl (C=O) groups excluding carboxylic acids is 1. The van der Waals surface area contributed by atoms with Crippen LogP contribution in [0.25, 0.3) is 6.08 Å². The fraction of sp³-hybridized carbons (Fsp3) is 0.690. The first kappa shape index (κ1) is 28.5. The quantitative estimate of drug-likeness (QED) is 0.430. The molecular formula is C29H44N4O5S. The van der Waals surface area contributed by atoms with Crippen molar-refractivity contribution in [3.8, 4) is 5.75 Å². The molecule has 1 amide bonds. The summed E-state index contributed by atoms with van der Waals surface area (Å²) >= 11 is 0. The number of benzene rings is 1. The van der Waals surface area contributed by atoms with Crippen molar-refractivity contribution in [3.63, 3.8) is 0 Å². The average Bonchev–Trinajstić information content (AvgIpc) is 3.66. The van der Waals surface area contributed by atoms with E-state index in [4.69, 9.17) is 9.47 Å². The van der Waals surface area contributed by atoms with Gasteiger partial charge in [-0.3, -0.25) is 9.69 Å². The van der Waals surface area contributed by atoms with Crippen molar-refractivity contribution in [2.45, 2.75) is 68.5 Å². The van der Waals surface area contributed by atoms with E-state index in [2.05, 4.69) is 9.80 Å². The minimum absolute atomic E-state index is 0.0343. The number of fused-ring (bicyclic) bond motifs is 1. The summed E-state index contributed by atoms with van der Waals surface area (Å²) in [6, 6.07) is 5.20. The smallest absolute Gasteiger partial charge is 0.248 e. The second-order valence-corrected chi connectivity index (χ2v) is 13.3. The van der Waals surface area contributed by atoms with Crippen molar-refractivity contribution < 1.29 is 22.7 Å². The molecular weight excluding hydrogens is 516 g/mol. The number of ether oxygens (including phenoxy) is 2. The van der Waals surface area contributed by atoms with Crippen molar-refractivity contribution in [2.24, 2.45) is 0 Å². The minimum Gasteiger partial charge on any atom is -0.497 e. The molecule has 2 saturated heterocycles. The molecule has 0 aromatic heterocycles. The monoisotopic (exact) mass is 560 g/mol. The lowest BCUT2D eigenvalue weighted by molar-refractivity contribution is -0.136. The highest BCUT2D eigenvalue weighted by atomic mass is 32.2. The van der Waals surface area contributed by atoms with E-state index in [-0.39, 0.29) is 31.7 Å². The highest BCUT2D eigenvalue weighted by molar-refractivity contribution is 7.89. The Morgan fingerprint density at radius 1 is 1.03 bits per heavy atom. The third-order valence-corrected chi connectivity index (χ3v) is 11.0. The van der Waals surface area contributed by atoms with Gasteiger partial charge in [-0.1, -0.05) is 12.2 Å². The highest BCUT2D eigenvalue weighted by Gasteiger charge is 2.37. The summed E-state index contributed by atoms with van der Waals surface area (Å²) in [4.78, 5) is 20.3. The van der Waals surface area contributed by atoms with Crippen LogP contribution >= 0.6 is 0 Å². The third-order valence-electron chi connectivity index (χ3n) is 8.88. The molecule has 3 fully saturated rings. The number of piperidine rings is 1. The number of aryl methyl sites for hydroxylation is 1. The number of rotatable bonds is 9. The molecule has 1 aromatic carbocycles. The first-order valence-corrected chi connectivity index (χ1v) is 15.9. The summed E-state index contributed by atoms with van der Waals surface area (Å²) in [5, 5.41) is 0. The third kappa shape index (κ3) is 6.51. The molecule has 0 N–H and O–H groups in total. The standard InChI is InChI=1S/C29H44N4O5S/c1-22-18-27(37-3)19-23-6-4-5-12-33(39(35,36)29(22)23)16-17-38-21-28(34)30(2)26-11-15-32(20-26)25-9-13-31(14-10-25)24-7-8-24/h4,6,18-19,24-26H,5,7-17,20-21H2,1-3H3/b6-4+. The molecule has 1 atom stereocenters. The highest BCUT2D eigenvalue weighted by Crippen LogP contribution is 2.32. The molecule has 0 radical (unpaired) electrons. The van der Waals surface area contributed by atoms with Crippen molar-refractivity contribution in [3.05, 3.63) is 29.3 Å². The predicted octanol–water partition coefficient (Wildman–Crippen LogP) is 2.59. The maximum absolute atomic E-state index is 13.5. The molecule has 0 bridgehead atoms. The van der Waals surface area contributed by atoms with Crippen LogP contribution in [0.5, 0.6) is 5.75 Å². The largest absolute Gasteiger partial charge is 0.497 e. The zero-order valence-corrected chi connectivity index (χ0v) is 24.5. The Labute approximate surface area is 233 Å². The first-order chi connectivity index (χ1) is 18.8. The summed E-state index contributed by atoms with van der Waals surface area (Å²) < 4.78 is 39.6. The van der Waals surface area contributed by atoms with E-state index in [1.807, 2.05) is 24.1 Å². The summed E-state index contributed by atoms with van der Waals surface area (Å²) in [5.41, 5.74) is 1.28. The molecule has 3 aliphatic heterocycles. The minimum atomic E-state index is -3.71. The van der Waals surface area contributed by atoms with E-state index >= 15 is 0 Å². The van der Waals surface area contributed by atoms with Crippen LogP contribution in [-0.4, -0.2) is 118 Å². The van der Waals surface area contributed by atoms with Gasteiger partial charge in [-0.2, -0.15) is 4.31 Å². The average molecular weight is 561 g/mol. The number of hydrogen-bond acceptors (Lipinski definition) is 7.